The Morgan fingerprint density at radius 1 is 1.36 bits per heavy atom. The van der Waals surface area contributed by atoms with E-state index in [9.17, 15) is 0 Å². The van der Waals surface area contributed by atoms with Crippen LogP contribution in [0.25, 0.3) is 0 Å². The molecule has 1 aliphatic heterocycles. The number of rotatable bonds is 8. The highest BCUT2D eigenvalue weighted by Gasteiger charge is 2.15. The van der Waals surface area contributed by atoms with Crippen LogP contribution in [0.15, 0.2) is 35.3 Å². The number of nitrogens with two attached hydrogens (primary N) is 1. The minimum Gasteiger partial charge on any atom is -0.379 e. The molecule has 1 heterocycles. The fraction of sp³-hybridized carbons (Fsp3) is 0.562. The fourth-order valence-corrected chi connectivity index (χ4v) is 2.19. The summed E-state index contributed by atoms with van der Waals surface area (Å²) in [5, 5.41) is 3.13. The molecule has 0 amide bonds. The summed E-state index contributed by atoms with van der Waals surface area (Å²) >= 11 is 0. The SMILES string of the molecule is I.NC(=NCCCOC1CCOC1)NCCc1ccccc1. The highest BCUT2D eigenvalue weighted by atomic mass is 127. The second-order valence-corrected chi connectivity index (χ2v) is 5.14. The fourth-order valence-electron chi connectivity index (χ4n) is 2.19. The van der Waals surface area contributed by atoms with Crippen LogP contribution in [0, 0.1) is 0 Å². The van der Waals surface area contributed by atoms with Crippen molar-refractivity contribution in [3.8, 4) is 0 Å². The van der Waals surface area contributed by atoms with Crippen LogP contribution in [-0.4, -0.2) is 45.0 Å². The van der Waals surface area contributed by atoms with Crippen LogP contribution in [0.2, 0.25) is 0 Å². The number of aliphatic imine (C=N–C) groups is 1. The van der Waals surface area contributed by atoms with E-state index >= 15 is 0 Å². The first-order chi connectivity index (χ1) is 10.3. The van der Waals surface area contributed by atoms with Gasteiger partial charge >= 0.3 is 0 Å². The van der Waals surface area contributed by atoms with Crippen LogP contribution >= 0.6 is 24.0 Å². The summed E-state index contributed by atoms with van der Waals surface area (Å²) in [6.45, 7) is 3.76. The topological polar surface area (TPSA) is 68.9 Å². The molecular formula is C16H26IN3O2. The average molecular weight is 419 g/mol. The largest absolute Gasteiger partial charge is 0.379 e. The summed E-state index contributed by atoms with van der Waals surface area (Å²) in [5.74, 6) is 0.509. The molecular weight excluding hydrogens is 393 g/mol. The standard InChI is InChI=1S/C16H25N3O2.HI/c17-16(19-10-7-14-5-2-1-3-6-14)18-9-4-11-21-15-8-12-20-13-15;/h1-3,5-6,15H,4,7-13H2,(H3,17,18,19);1H. The Balaban J connectivity index is 0.00000242. The van der Waals surface area contributed by atoms with Crippen molar-refractivity contribution in [1.82, 2.24) is 5.32 Å². The van der Waals surface area contributed by atoms with Gasteiger partial charge in [0.1, 0.15) is 0 Å². The Kier molecular flexibility index (Phi) is 10.2. The molecule has 6 heteroatoms. The van der Waals surface area contributed by atoms with Crippen LogP contribution < -0.4 is 11.1 Å². The minimum absolute atomic E-state index is 0. The highest BCUT2D eigenvalue weighted by Crippen LogP contribution is 2.08. The molecule has 124 valence electrons. The predicted octanol–water partition coefficient (Wildman–Crippen LogP) is 1.95. The molecule has 22 heavy (non-hydrogen) atoms. The minimum atomic E-state index is 0. The zero-order valence-corrected chi connectivity index (χ0v) is 15.2. The third-order valence-electron chi connectivity index (χ3n) is 3.39. The van der Waals surface area contributed by atoms with Gasteiger partial charge in [0.25, 0.3) is 0 Å². The number of guanidine groups is 1. The van der Waals surface area contributed by atoms with E-state index in [1.807, 2.05) is 18.2 Å². The first-order valence-electron chi connectivity index (χ1n) is 7.61. The number of nitrogens with one attached hydrogen (secondary N) is 1. The van der Waals surface area contributed by atoms with Gasteiger partial charge in [-0.05, 0) is 24.8 Å². The summed E-state index contributed by atoms with van der Waals surface area (Å²) in [7, 11) is 0. The summed E-state index contributed by atoms with van der Waals surface area (Å²) in [5.41, 5.74) is 7.12. The second-order valence-electron chi connectivity index (χ2n) is 5.14. The van der Waals surface area contributed by atoms with Crippen LogP contribution in [0.3, 0.4) is 0 Å². The van der Waals surface area contributed by atoms with E-state index in [1.165, 1.54) is 5.56 Å². The van der Waals surface area contributed by atoms with Crippen LogP contribution in [0.4, 0.5) is 0 Å². The molecule has 5 nitrogen and oxygen atoms in total. The number of hydrogen-bond donors (Lipinski definition) is 2. The lowest BCUT2D eigenvalue weighted by atomic mass is 10.1. The van der Waals surface area contributed by atoms with Gasteiger partial charge in [0.05, 0.1) is 12.7 Å². The number of nitrogens with zero attached hydrogens (tertiary/aromatic N) is 1. The van der Waals surface area contributed by atoms with E-state index in [-0.39, 0.29) is 30.1 Å². The van der Waals surface area contributed by atoms with Gasteiger partial charge in [-0.1, -0.05) is 30.3 Å². The van der Waals surface area contributed by atoms with E-state index < -0.39 is 0 Å². The summed E-state index contributed by atoms with van der Waals surface area (Å²) < 4.78 is 10.9. The molecule has 1 atom stereocenters. The molecule has 0 aromatic heterocycles. The zero-order valence-electron chi connectivity index (χ0n) is 12.9. The summed E-state index contributed by atoms with van der Waals surface area (Å²) in [6.07, 6.45) is 3.11. The smallest absolute Gasteiger partial charge is 0.188 e. The van der Waals surface area contributed by atoms with Crippen molar-refractivity contribution < 1.29 is 9.47 Å². The van der Waals surface area contributed by atoms with Crippen molar-refractivity contribution in [3.63, 3.8) is 0 Å². The molecule has 1 aliphatic rings. The van der Waals surface area contributed by atoms with Gasteiger partial charge in [-0.2, -0.15) is 0 Å². The maximum absolute atomic E-state index is 5.82. The lowest BCUT2D eigenvalue weighted by molar-refractivity contribution is 0.0424. The van der Waals surface area contributed by atoms with Gasteiger partial charge in [0.2, 0.25) is 0 Å². The van der Waals surface area contributed by atoms with Crippen molar-refractivity contribution in [2.45, 2.75) is 25.4 Å². The van der Waals surface area contributed by atoms with E-state index in [4.69, 9.17) is 15.2 Å². The monoisotopic (exact) mass is 419 g/mol. The van der Waals surface area contributed by atoms with E-state index in [0.29, 0.717) is 12.5 Å². The lowest BCUT2D eigenvalue weighted by Crippen LogP contribution is -2.33. The molecule has 1 fully saturated rings. The predicted molar refractivity (Wildman–Crippen MR) is 99.8 cm³/mol. The maximum Gasteiger partial charge on any atom is 0.188 e. The van der Waals surface area contributed by atoms with Crippen LogP contribution in [-0.2, 0) is 15.9 Å². The Morgan fingerprint density at radius 2 is 2.18 bits per heavy atom. The molecule has 1 aromatic carbocycles. The molecule has 1 aromatic rings. The summed E-state index contributed by atoms with van der Waals surface area (Å²) in [4.78, 5) is 4.29. The van der Waals surface area contributed by atoms with Crippen LogP contribution in [0.5, 0.6) is 0 Å². The first kappa shape index (κ1) is 19.2. The van der Waals surface area contributed by atoms with Crippen molar-refractivity contribution in [1.29, 1.82) is 0 Å². The number of hydrogen-bond acceptors (Lipinski definition) is 3. The molecule has 1 saturated heterocycles. The number of benzene rings is 1. The van der Waals surface area contributed by atoms with Crippen molar-refractivity contribution in [3.05, 3.63) is 35.9 Å². The third-order valence-corrected chi connectivity index (χ3v) is 3.39. The molecule has 0 aliphatic carbocycles. The van der Waals surface area contributed by atoms with Crippen LogP contribution in [0.1, 0.15) is 18.4 Å². The zero-order chi connectivity index (χ0) is 14.8. The quantitative estimate of drug-likeness (QED) is 0.293. The number of ether oxygens (including phenoxy) is 2. The molecule has 0 saturated carbocycles. The molecule has 3 N–H and O–H groups in total. The van der Waals surface area contributed by atoms with E-state index in [2.05, 4.69) is 22.4 Å². The highest BCUT2D eigenvalue weighted by molar-refractivity contribution is 14.0. The summed E-state index contributed by atoms with van der Waals surface area (Å²) in [6, 6.07) is 10.3. The normalized spacial score (nSPS) is 18.0. The Labute approximate surface area is 149 Å². The maximum atomic E-state index is 5.82. The van der Waals surface area contributed by atoms with E-state index in [0.717, 1.165) is 45.6 Å². The molecule has 0 bridgehead atoms. The molecule has 0 radical (unpaired) electrons. The molecule has 1 unspecified atom stereocenters. The van der Waals surface area contributed by atoms with Crippen molar-refractivity contribution >= 4 is 29.9 Å². The molecule has 0 spiro atoms. The average Bonchev–Trinajstić information content (AvgIpc) is 3.01. The second kappa shape index (κ2) is 11.7. The van der Waals surface area contributed by atoms with Crippen molar-refractivity contribution in [2.75, 3.05) is 32.9 Å². The van der Waals surface area contributed by atoms with Gasteiger partial charge in [0.15, 0.2) is 5.96 Å². The van der Waals surface area contributed by atoms with E-state index in [1.54, 1.807) is 0 Å². The molecule has 2 rings (SSSR count). The Morgan fingerprint density at radius 3 is 2.91 bits per heavy atom. The third kappa shape index (κ3) is 7.95. The Hall–Kier alpha value is -0.860. The van der Waals surface area contributed by atoms with Gasteiger partial charge < -0.3 is 20.5 Å². The van der Waals surface area contributed by atoms with Gasteiger partial charge in [-0.15, -0.1) is 24.0 Å². The van der Waals surface area contributed by atoms with Crippen molar-refractivity contribution in [2.24, 2.45) is 10.7 Å². The van der Waals surface area contributed by atoms with Gasteiger partial charge in [0, 0.05) is 26.3 Å². The Bertz CT molecular complexity index is 423. The first-order valence-corrected chi connectivity index (χ1v) is 7.61. The number of halogens is 1. The lowest BCUT2D eigenvalue weighted by Gasteiger charge is -2.09. The van der Waals surface area contributed by atoms with Gasteiger partial charge in [-0.25, -0.2) is 0 Å². The van der Waals surface area contributed by atoms with Gasteiger partial charge in [-0.3, -0.25) is 4.99 Å².